The highest BCUT2D eigenvalue weighted by Crippen LogP contribution is 2.19. The molecular weight excluding hydrogens is 165 g/mol. The lowest BCUT2D eigenvalue weighted by Gasteiger charge is -2.02. The van der Waals surface area contributed by atoms with Gasteiger partial charge in [-0.15, -0.1) is 0 Å². The molecule has 0 aliphatic rings. The average Bonchev–Trinajstić information content (AvgIpc) is 2.12. The maximum absolute atomic E-state index is 13.1. The van der Waals surface area contributed by atoms with Crippen LogP contribution in [0.3, 0.4) is 0 Å². The molecule has 0 saturated carbocycles. The largest absolute Gasteiger partial charge is 0.256 e. The zero-order valence-corrected chi connectivity index (χ0v) is 7.63. The Kier molecular flexibility index (Phi) is 1.76. The molecule has 0 unspecified atom stereocenters. The van der Waals surface area contributed by atoms with E-state index in [4.69, 9.17) is 0 Å². The van der Waals surface area contributed by atoms with E-state index in [0.717, 1.165) is 16.5 Å². The minimum atomic E-state index is -0.191. The second kappa shape index (κ2) is 2.80. The lowest BCUT2D eigenvalue weighted by atomic mass is 10.1. The summed E-state index contributed by atoms with van der Waals surface area (Å²) in [5, 5.41) is 0.999. The Morgan fingerprint density at radius 1 is 1.23 bits per heavy atom. The van der Waals surface area contributed by atoms with Gasteiger partial charge < -0.3 is 0 Å². The summed E-state index contributed by atoms with van der Waals surface area (Å²) in [5.41, 5.74) is 2.47. The van der Waals surface area contributed by atoms with Crippen molar-refractivity contribution in [3.8, 4) is 0 Å². The molecule has 0 fully saturated rings. The van der Waals surface area contributed by atoms with Gasteiger partial charge >= 0.3 is 0 Å². The summed E-state index contributed by atoms with van der Waals surface area (Å²) in [6.07, 6.45) is 1.76. The van der Waals surface area contributed by atoms with Crippen molar-refractivity contribution in [3.05, 3.63) is 41.3 Å². The first-order valence-corrected chi connectivity index (χ1v) is 4.20. The molecule has 0 aliphatic heterocycles. The summed E-state index contributed by atoms with van der Waals surface area (Å²) in [5.74, 6) is -0.191. The lowest BCUT2D eigenvalue weighted by Crippen LogP contribution is -1.88. The van der Waals surface area contributed by atoms with Crippen LogP contribution < -0.4 is 0 Å². The summed E-state index contributed by atoms with van der Waals surface area (Å²) in [7, 11) is 0. The number of rotatable bonds is 0. The van der Waals surface area contributed by atoms with Crippen LogP contribution in [0.5, 0.6) is 0 Å². The third-order valence-corrected chi connectivity index (χ3v) is 2.18. The van der Waals surface area contributed by atoms with E-state index in [1.165, 1.54) is 6.07 Å². The first kappa shape index (κ1) is 8.17. The molecule has 0 amide bonds. The molecule has 0 aliphatic carbocycles. The van der Waals surface area contributed by atoms with Crippen LogP contribution in [0.15, 0.2) is 24.4 Å². The second-order valence-corrected chi connectivity index (χ2v) is 3.26. The van der Waals surface area contributed by atoms with Gasteiger partial charge in [-0.1, -0.05) is 0 Å². The molecule has 0 atom stereocenters. The van der Waals surface area contributed by atoms with Gasteiger partial charge in [-0.2, -0.15) is 0 Å². The van der Waals surface area contributed by atoms with Crippen LogP contribution in [0.4, 0.5) is 4.39 Å². The summed E-state index contributed by atoms with van der Waals surface area (Å²) in [4.78, 5) is 4.20. The van der Waals surface area contributed by atoms with Crippen LogP contribution in [0.1, 0.15) is 11.1 Å². The molecular formula is C11H10FN. The number of benzene rings is 1. The molecule has 1 nitrogen and oxygen atoms in total. The highest BCUT2D eigenvalue weighted by molar-refractivity contribution is 5.82. The average molecular weight is 175 g/mol. The Bertz CT molecular complexity index is 463. The SMILES string of the molecule is Cc1cnc2c(C)c(F)ccc2c1. The summed E-state index contributed by atoms with van der Waals surface area (Å²) >= 11 is 0. The van der Waals surface area contributed by atoms with Gasteiger partial charge in [0.05, 0.1) is 5.52 Å². The number of aryl methyl sites for hydroxylation is 2. The smallest absolute Gasteiger partial charge is 0.128 e. The van der Waals surface area contributed by atoms with Crippen molar-refractivity contribution in [2.75, 3.05) is 0 Å². The van der Waals surface area contributed by atoms with Gasteiger partial charge in [0.15, 0.2) is 0 Å². The Hall–Kier alpha value is -1.44. The van der Waals surface area contributed by atoms with Crippen molar-refractivity contribution >= 4 is 10.9 Å². The number of hydrogen-bond donors (Lipinski definition) is 0. The van der Waals surface area contributed by atoms with Gasteiger partial charge in [0.1, 0.15) is 5.82 Å². The van der Waals surface area contributed by atoms with E-state index in [9.17, 15) is 4.39 Å². The molecule has 2 aromatic rings. The van der Waals surface area contributed by atoms with Crippen molar-refractivity contribution in [3.63, 3.8) is 0 Å². The fourth-order valence-electron chi connectivity index (χ4n) is 1.43. The minimum absolute atomic E-state index is 0.191. The minimum Gasteiger partial charge on any atom is -0.256 e. The first-order valence-electron chi connectivity index (χ1n) is 4.20. The molecule has 1 aromatic carbocycles. The molecule has 0 N–H and O–H groups in total. The second-order valence-electron chi connectivity index (χ2n) is 3.26. The van der Waals surface area contributed by atoms with Crippen LogP contribution in [0.25, 0.3) is 10.9 Å². The normalized spacial score (nSPS) is 10.7. The standard InChI is InChI=1S/C11H10FN/c1-7-5-9-3-4-10(12)8(2)11(9)13-6-7/h3-6H,1-2H3. The Morgan fingerprint density at radius 3 is 2.77 bits per heavy atom. The molecule has 2 heteroatoms. The van der Waals surface area contributed by atoms with Crippen LogP contribution in [-0.2, 0) is 0 Å². The zero-order valence-electron chi connectivity index (χ0n) is 7.63. The number of fused-ring (bicyclic) bond motifs is 1. The molecule has 0 spiro atoms. The third-order valence-electron chi connectivity index (χ3n) is 2.18. The number of hydrogen-bond acceptors (Lipinski definition) is 1. The van der Waals surface area contributed by atoms with E-state index in [2.05, 4.69) is 4.98 Å². The summed E-state index contributed by atoms with van der Waals surface area (Å²) in [6, 6.07) is 5.26. The highest BCUT2D eigenvalue weighted by Gasteiger charge is 2.03. The number of nitrogens with zero attached hydrogens (tertiary/aromatic N) is 1. The number of halogens is 1. The maximum atomic E-state index is 13.1. The molecule has 66 valence electrons. The van der Waals surface area contributed by atoms with Crippen LogP contribution in [0.2, 0.25) is 0 Å². The number of aromatic nitrogens is 1. The van der Waals surface area contributed by atoms with E-state index in [1.807, 2.05) is 13.0 Å². The zero-order chi connectivity index (χ0) is 9.42. The first-order chi connectivity index (χ1) is 6.18. The molecule has 0 saturated heterocycles. The Balaban J connectivity index is 2.87. The lowest BCUT2D eigenvalue weighted by molar-refractivity contribution is 0.620. The summed E-state index contributed by atoms with van der Waals surface area (Å²) < 4.78 is 13.1. The van der Waals surface area contributed by atoms with Crippen molar-refractivity contribution in [1.82, 2.24) is 4.98 Å². The van der Waals surface area contributed by atoms with Gasteiger partial charge in [-0.3, -0.25) is 4.98 Å². The van der Waals surface area contributed by atoms with Crippen molar-refractivity contribution in [2.45, 2.75) is 13.8 Å². The predicted molar refractivity (Wildman–Crippen MR) is 51.2 cm³/mol. The molecule has 0 radical (unpaired) electrons. The van der Waals surface area contributed by atoms with Gasteiger partial charge in [0.2, 0.25) is 0 Å². The molecule has 2 rings (SSSR count). The van der Waals surface area contributed by atoms with E-state index in [-0.39, 0.29) is 5.82 Å². The molecule has 1 aromatic heterocycles. The quantitative estimate of drug-likeness (QED) is 0.599. The van der Waals surface area contributed by atoms with Gasteiger partial charge in [-0.05, 0) is 37.6 Å². The fraction of sp³-hybridized carbons (Fsp3) is 0.182. The van der Waals surface area contributed by atoms with E-state index >= 15 is 0 Å². The van der Waals surface area contributed by atoms with Crippen molar-refractivity contribution in [2.24, 2.45) is 0 Å². The highest BCUT2D eigenvalue weighted by atomic mass is 19.1. The van der Waals surface area contributed by atoms with Crippen LogP contribution in [0, 0.1) is 19.7 Å². The predicted octanol–water partition coefficient (Wildman–Crippen LogP) is 2.99. The Labute approximate surface area is 76.2 Å². The topological polar surface area (TPSA) is 12.9 Å². The van der Waals surface area contributed by atoms with Crippen molar-refractivity contribution < 1.29 is 4.39 Å². The third kappa shape index (κ3) is 1.28. The summed E-state index contributed by atoms with van der Waals surface area (Å²) in [6.45, 7) is 3.73. The van der Waals surface area contributed by atoms with Gasteiger partial charge in [0, 0.05) is 17.1 Å². The van der Waals surface area contributed by atoms with Gasteiger partial charge in [0.25, 0.3) is 0 Å². The number of pyridine rings is 1. The monoisotopic (exact) mass is 175 g/mol. The molecule has 1 heterocycles. The van der Waals surface area contributed by atoms with Crippen molar-refractivity contribution in [1.29, 1.82) is 0 Å². The maximum Gasteiger partial charge on any atom is 0.128 e. The van der Waals surface area contributed by atoms with E-state index < -0.39 is 0 Å². The van der Waals surface area contributed by atoms with Crippen LogP contribution >= 0.6 is 0 Å². The van der Waals surface area contributed by atoms with E-state index in [0.29, 0.717) is 5.56 Å². The van der Waals surface area contributed by atoms with E-state index in [1.54, 1.807) is 19.2 Å². The molecule has 0 bridgehead atoms. The fourth-order valence-corrected chi connectivity index (χ4v) is 1.43. The van der Waals surface area contributed by atoms with Gasteiger partial charge in [-0.25, -0.2) is 4.39 Å². The molecule has 13 heavy (non-hydrogen) atoms. The van der Waals surface area contributed by atoms with Crippen LogP contribution in [-0.4, -0.2) is 4.98 Å². The Morgan fingerprint density at radius 2 is 2.00 bits per heavy atom.